The Morgan fingerprint density at radius 2 is 1.36 bits per heavy atom. The number of phenols is 2. The number of unbranched alkanes of at least 4 members (excludes halogenated alkanes) is 1. The van der Waals surface area contributed by atoms with E-state index in [4.69, 9.17) is 5.73 Å². The van der Waals surface area contributed by atoms with Crippen molar-refractivity contribution in [2.24, 2.45) is 5.73 Å². The summed E-state index contributed by atoms with van der Waals surface area (Å²) in [5.41, 5.74) is 11.1. The minimum absolute atomic E-state index is 0.0367. The third-order valence-electron chi connectivity index (χ3n) is 11.2. The Kier molecular flexibility index (Phi) is 15.1. The van der Waals surface area contributed by atoms with E-state index in [1.807, 2.05) is 66.7 Å². The van der Waals surface area contributed by atoms with Gasteiger partial charge in [0.05, 0.1) is 0 Å². The van der Waals surface area contributed by atoms with Crippen LogP contribution in [0.3, 0.4) is 0 Å². The van der Waals surface area contributed by atoms with E-state index in [1.54, 1.807) is 12.1 Å². The maximum atomic E-state index is 14.4. The van der Waals surface area contributed by atoms with Crippen LogP contribution in [0.2, 0.25) is 0 Å². The highest BCUT2D eigenvalue weighted by Gasteiger charge is 2.36. The van der Waals surface area contributed by atoms with Gasteiger partial charge in [-0.3, -0.25) is 24.0 Å². The monoisotopic (exact) mass is 868 g/mol. The summed E-state index contributed by atoms with van der Waals surface area (Å²) in [6, 6.07) is 28.5. The van der Waals surface area contributed by atoms with Gasteiger partial charge in [-0.25, -0.2) is 4.79 Å². The first-order valence-electron chi connectivity index (χ1n) is 21.0. The summed E-state index contributed by atoms with van der Waals surface area (Å²) in [6.45, 7) is 1.66. The number of hydrogen-bond donors (Lipinski definition) is 8. The third-order valence-corrected chi connectivity index (χ3v) is 11.2. The molecule has 1 aliphatic heterocycles. The lowest BCUT2D eigenvalue weighted by molar-refractivity contribution is -0.144. The number of carboxylic acid groups (broad SMARTS) is 1. The van der Waals surface area contributed by atoms with Crippen LogP contribution in [0.5, 0.6) is 11.5 Å². The molecule has 5 aromatic carbocycles. The summed E-state index contributed by atoms with van der Waals surface area (Å²) in [5.74, 6) is -5.05. The number of nitrogens with two attached hydrogens (primary N) is 1. The summed E-state index contributed by atoms with van der Waals surface area (Å²) in [5, 5.41) is 42.3. The first-order valence-corrected chi connectivity index (χ1v) is 21.0. The van der Waals surface area contributed by atoms with E-state index in [0.717, 1.165) is 27.2 Å². The molecule has 5 amide bonds. The van der Waals surface area contributed by atoms with E-state index in [2.05, 4.69) is 21.3 Å². The molecular weight excluding hydrogens is 817 g/mol. The van der Waals surface area contributed by atoms with Gasteiger partial charge in [0.25, 0.3) is 5.91 Å². The van der Waals surface area contributed by atoms with Gasteiger partial charge < -0.3 is 47.2 Å². The van der Waals surface area contributed by atoms with Crippen molar-refractivity contribution in [3.63, 3.8) is 0 Å². The fourth-order valence-corrected chi connectivity index (χ4v) is 7.59. The summed E-state index contributed by atoms with van der Waals surface area (Å²) in [6.07, 6.45) is 0.807. The Balaban J connectivity index is 1.16. The minimum Gasteiger partial charge on any atom is -0.507 e. The van der Waals surface area contributed by atoms with Crippen molar-refractivity contribution < 1.29 is 44.1 Å². The Morgan fingerprint density at radius 3 is 1.98 bits per heavy atom. The fraction of sp³-hybridized carbons (Fsp3) is 0.265. The number of nitrogens with zero attached hydrogens (tertiary/aromatic N) is 1. The molecule has 1 aliphatic rings. The fourth-order valence-electron chi connectivity index (χ4n) is 7.59. The molecule has 4 bridgehead atoms. The average Bonchev–Trinajstić information content (AvgIpc) is 3.29. The zero-order valence-electron chi connectivity index (χ0n) is 35.5. The van der Waals surface area contributed by atoms with Crippen LogP contribution in [0.25, 0.3) is 33.4 Å². The lowest BCUT2D eigenvalue weighted by atomic mass is 9.93. The molecule has 64 heavy (non-hydrogen) atoms. The van der Waals surface area contributed by atoms with Gasteiger partial charge in [-0.15, -0.1) is 0 Å². The van der Waals surface area contributed by atoms with Crippen LogP contribution in [-0.4, -0.2) is 94.0 Å². The van der Waals surface area contributed by atoms with E-state index in [1.165, 1.54) is 50.4 Å². The molecule has 0 radical (unpaired) electrons. The third kappa shape index (κ3) is 11.3. The van der Waals surface area contributed by atoms with Crippen LogP contribution in [0.15, 0.2) is 115 Å². The van der Waals surface area contributed by atoms with Gasteiger partial charge >= 0.3 is 5.97 Å². The second kappa shape index (κ2) is 21.0. The Hall–Kier alpha value is -7.52. The van der Waals surface area contributed by atoms with E-state index in [0.29, 0.717) is 30.5 Å². The van der Waals surface area contributed by atoms with E-state index < -0.39 is 53.8 Å². The molecule has 0 saturated carbocycles. The SMILES string of the molecule is C[C@@H]1NC(=O)[C@@H](N(C)C(=O)C(CCCCN)NC(=O)CCNC(=O)c2ccc(-c3ccc(-c4ccccc4)cc3)cc2)c2ccc(O)c(c2)-c2cc(ccc2O)C[C@@H](C(=O)O)NC1=O. The maximum Gasteiger partial charge on any atom is 0.326 e. The topological polar surface area (TPSA) is 240 Å². The predicted molar refractivity (Wildman–Crippen MR) is 241 cm³/mol. The summed E-state index contributed by atoms with van der Waals surface area (Å²) in [4.78, 5) is 81.5. The number of rotatable bonds is 14. The Bertz CT molecular complexity index is 2500. The molecule has 1 heterocycles. The molecule has 0 aliphatic carbocycles. The van der Waals surface area contributed by atoms with Crippen molar-refractivity contribution in [2.75, 3.05) is 20.1 Å². The quantitative estimate of drug-likeness (QED) is 0.0718. The molecule has 332 valence electrons. The molecule has 0 aromatic heterocycles. The number of amides is 5. The molecule has 4 atom stereocenters. The number of aromatic hydroxyl groups is 2. The first kappa shape index (κ1) is 46.0. The van der Waals surface area contributed by atoms with Gasteiger partial charge in [0.15, 0.2) is 0 Å². The van der Waals surface area contributed by atoms with Crippen LogP contribution in [-0.2, 0) is 30.4 Å². The minimum atomic E-state index is -1.45. The molecular formula is C49H52N6O9. The van der Waals surface area contributed by atoms with Crippen molar-refractivity contribution in [3.05, 3.63) is 132 Å². The number of carboxylic acids is 1. The van der Waals surface area contributed by atoms with Gasteiger partial charge in [-0.1, -0.05) is 78.9 Å². The second-order valence-corrected chi connectivity index (χ2v) is 15.7. The van der Waals surface area contributed by atoms with Crippen molar-refractivity contribution in [1.29, 1.82) is 0 Å². The zero-order valence-corrected chi connectivity index (χ0v) is 35.5. The number of hydrogen-bond acceptors (Lipinski definition) is 9. The van der Waals surface area contributed by atoms with E-state index in [9.17, 15) is 44.1 Å². The van der Waals surface area contributed by atoms with Gasteiger partial charge in [0, 0.05) is 43.1 Å². The Morgan fingerprint density at radius 1 is 0.766 bits per heavy atom. The molecule has 15 nitrogen and oxygen atoms in total. The van der Waals surface area contributed by atoms with Crippen LogP contribution < -0.4 is 27.0 Å². The van der Waals surface area contributed by atoms with E-state index >= 15 is 0 Å². The average molecular weight is 869 g/mol. The molecule has 0 saturated heterocycles. The Labute approximate surface area is 370 Å². The molecule has 1 unspecified atom stereocenters. The van der Waals surface area contributed by atoms with Crippen molar-refractivity contribution in [1.82, 2.24) is 26.2 Å². The summed E-state index contributed by atoms with van der Waals surface area (Å²) < 4.78 is 0. The molecule has 0 spiro atoms. The molecule has 0 fully saturated rings. The highest BCUT2D eigenvalue weighted by atomic mass is 16.4. The number of nitrogens with one attached hydrogen (secondary N) is 4. The van der Waals surface area contributed by atoms with Crippen molar-refractivity contribution >= 4 is 35.5 Å². The lowest BCUT2D eigenvalue weighted by Crippen LogP contribution is -2.54. The van der Waals surface area contributed by atoms with Gasteiger partial charge in [0.1, 0.15) is 35.7 Å². The second-order valence-electron chi connectivity index (χ2n) is 15.7. The predicted octanol–water partition coefficient (Wildman–Crippen LogP) is 4.66. The van der Waals surface area contributed by atoms with Gasteiger partial charge in [-0.05, 0) is 103 Å². The lowest BCUT2D eigenvalue weighted by Gasteiger charge is -2.32. The van der Waals surface area contributed by atoms with Gasteiger partial charge in [-0.2, -0.15) is 0 Å². The van der Waals surface area contributed by atoms with Crippen LogP contribution in [0.1, 0.15) is 60.1 Å². The van der Waals surface area contributed by atoms with Crippen LogP contribution >= 0.6 is 0 Å². The van der Waals surface area contributed by atoms with Crippen LogP contribution in [0.4, 0.5) is 0 Å². The summed E-state index contributed by atoms with van der Waals surface area (Å²) >= 11 is 0. The highest BCUT2D eigenvalue weighted by Crippen LogP contribution is 2.39. The van der Waals surface area contributed by atoms with Crippen LogP contribution in [0, 0.1) is 0 Å². The first-order chi connectivity index (χ1) is 30.7. The number of fused-ring (bicyclic) bond motifs is 5. The number of likely N-dealkylation sites (N-methyl/N-ethyl adjacent to an activating group) is 1. The summed E-state index contributed by atoms with van der Waals surface area (Å²) in [7, 11) is 1.36. The zero-order chi connectivity index (χ0) is 45.9. The number of phenolic OH excluding ortho intramolecular Hbond substituents is 2. The molecule has 15 heteroatoms. The van der Waals surface area contributed by atoms with Crippen molar-refractivity contribution in [2.45, 2.75) is 63.2 Å². The van der Waals surface area contributed by atoms with Gasteiger partial charge in [0.2, 0.25) is 23.6 Å². The normalized spacial score (nSPS) is 16.6. The molecule has 5 aromatic rings. The largest absolute Gasteiger partial charge is 0.507 e. The smallest absolute Gasteiger partial charge is 0.326 e. The standard InChI is InChI=1S/C49H52N6O9/c1-29-45(59)54-40(49(63)64)27-30-11-21-41(56)37(26-30)38-28-36(20-22-42(38)57)44(47(61)52-29)55(2)48(62)39(10-6-7-24-50)53-43(58)23-25-51-46(60)35-18-16-34(17-19-35)33-14-12-32(13-15-33)31-8-4-3-5-9-31/h3-5,8-9,11-22,26,28-29,39-40,44,56-57H,6-7,10,23-25,27,50H2,1-2H3,(H,51,60)(H,52,61)(H,53,58)(H,54,59)(H,63,64)/t29-,39?,40-,44-/m0/s1. The van der Waals surface area contributed by atoms with E-state index in [-0.39, 0.29) is 59.9 Å². The number of aliphatic carboxylic acids is 1. The number of carbonyl (C=O) groups is 6. The molecule has 9 N–H and O–H groups in total. The number of carbonyl (C=O) groups excluding carboxylic acids is 5. The maximum absolute atomic E-state index is 14.4. The highest BCUT2D eigenvalue weighted by molar-refractivity contribution is 5.97. The number of benzene rings is 5. The van der Waals surface area contributed by atoms with Crippen molar-refractivity contribution in [3.8, 4) is 44.9 Å². The molecule has 6 rings (SSSR count).